The summed E-state index contributed by atoms with van der Waals surface area (Å²) in [5.41, 5.74) is 1.21. The fourth-order valence-corrected chi connectivity index (χ4v) is 1.97. The molecule has 0 aromatic heterocycles. The first-order valence-corrected chi connectivity index (χ1v) is 6.27. The van der Waals surface area contributed by atoms with Gasteiger partial charge in [0.05, 0.1) is 0 Å². The normalized spacial score (nSPS) is 9.31. The summed E-state index contributed by atoms with van der Waals surface area (Å²) in [4.78, 5) is 0. The summed E-state index contributed by atoms with van der Waals surface area (Å²) in [5, 5.41) is 1.52. The summed E-state index contributed by atoms with van der Waals surface area (Å²) in [5.74, 6) is 0. The highest BCUT2D eigenvalue weighted by Gasteiger charge is 2.00. The van der Waals surface area contributed by atoms with Crippen LogP contribution in [-0.2, 0) is 6.42 Å². The van der Waals surface area contributed by atoms with Gasteiger partial charge in [-0.2, -0.15) is 0 Å². The number of hydrogen-bond acceptors (Lipinski definition) is 0. The van der Waals surface area contributed by atoms with Crippen LogP contribution < -0.4 is 0 Å². The van der Waals surface area contributed by atoms with Crippen LogP contribution in [0.3, 0.4) is 0 Å². The molecule has 2 heteroatoms. The van der Waals surface area contributed by atoms with Crippen LogP contribution in [0.5, 0.6) is 0 Å². The van der Waals surface area contributed by atoms with Gasteiger partial charge in [-0.3, -0.25) is 0 Å². The Morgan fingerprint density at radius 3 is 2.31 bits per heavy atom. The summed E-state index contributed by atoms with van der Waals surface area (Å²) < 4.78 is 0. The molecule has 0 radical (unpaired) electrons. The molecule has 0 atom stereocenters. The van der Waals surface area contributed by atoms with Gasteiger partial charge < -0.3 is 0 Å². The van der Waals surface area contributed by atoms with E-state index in [1.54, 1.807) is 0 Å². The molecular weight excluding hydrogens is 239 g/mol. The highest BCUT2D eigenvalue weighted by Crippen LogP contribution is 2.22. The van der Waals surface area contributed by atoms with E-state index in [0.717, 1.165) is 11.4 Å². The summed E-state index contributed by atoms with van der Waals surface area (Å²) >= 11 is 11.9. The lowest BCUT2D eigenvalue weighted by Gasteiger charge is -2.04. The molecule has 0 nitrogen and oxygen atoms in total. The molecule has 0 saturated heterocycles. The molecule has 16 heavy (non-hydrogen) atoms. The standard InChI is InChI=1S/C12H16Cl2.C2H2/c1-2-3-4-5-6-10-7-8-11(13)9-12(10)14;1-2/h7-9H,2-6H2,1H3;1-2H. The van der Waals surface area contributed by atoms with Crippen LogP contribution in [0, 0.1) is 12.8 Å². The van der Waals surface area contributed by atoms with E-state index in [1.165, 1.54) is 31.2 Å². The first-order valence-electron chi connectivity index (χ1n) is 5.51. The van der Waals surface area contributed by atoms with Crippen LogP contribution in [0.15, 0.2) is 18.2 Å². The van der Waals surface area contributed by atoms with Crippen molar-refractivity contribution >= 4 is 23.2 Å². The van der Waals surface area contributed by atoms with Gasteiger partial charge in [0.15, 0.2) is 0 Å². The maximum atomic E-state index is 6.06. The van der Waals surface area contributed by atoms with E-state index in [0.29, 0.717) is 5.02 Å². The molecular formula is C14H18Cl2. The fourth-order valence-electron chi connectivity index (χ4n) is 1.47. The van der Waals surface area contributed by atoms with Crippen LogP contribution in [-0.4, -0.2) is 0 Å². The minimum atomic E-state index is 0.715. The third kappa shape index (κ3) is 6.05. The first kappa shape index (κ1) is 15.4. The van der Waals surface area contributed by atoms with E-state index in [4.69, 9.17) is 23.2 Å². The van der Waals surface area contributed by atoms with Crippen LogP contribution >= 0.6 is 23.2 Å². The zero-order valence-electron chi connectivity index (χ0n) is 9.68. The highest BCUT2D eigenvalue weighted by atomic mass is 35.5. The van der Waals surface area contributed by atoms with Crippen molar-refractivity contribution in [3.63, 3.8) is 0 Å². The second kappa shape index (κ2) is 9.58. The van der Waals surface area contributed by atoms with E-state index >= 15 is 0 Å². The molecule has 0 aliphatic carbocycles. The lowest BCUT2D eigenvalue weighted by atomic mass is 10.1. The Morgan fingerprint density at radius 1 is 1.06 bits per heavy atom. The Hall–Kier alpha value is -0.640. The molecule has 0 aliphatic rings. The minimum absolute atomic E-state index is 0.715. The molecule has 0 amide bonds. The van der Waals surface area contributed by atoms with Gasteiger partial charge in [-0.15, -0.1) is 12.8 Å². The van der Waals surface area contributed by atoms with Gasteiger partial charge in [0.25, 0.3) is 0 Å². The van der Waals surface area contributed by atoms with Crippen molar-refractivity contribution in [2.75, 3.05) is 0 Å². The molecule has 88 valence electrons. The maximum Gasteiger partial charge on any atom is 0.0452 e. The van der Waals surface area contributed by atoms with Crippen molar-refractivity contribution in [3.05, 3.63) is 33.8 Å². The predicted molar refractivity (Wildman–Crippen MR) is 74.2 cm³/mol. The van der Waals surface area contributed by atoms with Crippen molar-refractivity contribution in [1.82, 2.24) is 0 Å². The molecule has 1 aromatic carbocycles. The second-order valence-corrected chi connectivity index (χ2v) is 4.39. The average molecular weight is 257 g/mol. The number of rotatable bonds is 5. The van der Waals surface area contributed by atoms with Gasteiger partial charge in [0, 0.05) is 10.0 Å². The van der Waals surface area contributed by atoms with E-state index in [1.807, 2.05) is 18.2 Å². The molecule has 0 bridgehead atoms. The molecule has 1 rings (SSSR count). The maximum absolute atomic E-state index is 6.06. The van der Waals surface area contributed by atoms with Gasteiger partial charge in [-0.05, 0) is 30.5 Å². The third-order valence-electron chi connectivity index (χ3n) is 2.31. The summed E-state index contributed by atoms with van der Waals surface area (Å²) in [6, 6.07) is 5.75. The van der Waals surface area contributed by atoms with Crippen LogP contribution in [0.25, 0.3) is 0 Å². The summed E-state index contributed by atoms with van der Waals surface area (Å²) in [7, 11) is 0. The Morgan fingerprint density at radius 2 is 1.75 bits per heavy atom. The zero-order chi connectivity index (χ0) is 12.4. The van der Waals surface area contributed by atoms with Gasteiger partial charge >= 0.3 is 0 Å². The van der Waals surface area contributed by atoms with Crippen molar-refractivity contribution in [3.8, 4) is 12.8 Å². The third-order valence-corrected chi connectivity index (χ3v) is 2.90. The number of hydrogen-bond donors (Lipinski definition) is 0. The topological polar surface area (TPSA) is 0 Å². The number of aryl methyl sites for hydroxylation is 1. The van der Waals surface area contributed by atoms with E-state index < -0.39 is 0 Å². The van der Waals surface area contributed by atoms with Crippen molar-refractivity contribution in [1.29, 1.82) is 0 Å². The Kier molecular flexibility index (Phi) is 9.19. The Balaban J connectivity index is 0.00000106. The van der Waals surface area contributed by atoms with Gasteiger partial charge in [-0.25, -0.2) is 0 Å². The van der Waals surface area contributed by atoms with E-state index in [2.05, 4.69) is 19.8 Å². The van der Waals surface area contributed by atoms with Crippen molar-refractivity contribution in [2.24, 2.45) is 0 Å². The van der Waals surface area contributed by atoms with E-state index in [9.17, 15) is 0 Å². The lowest BCUT2D eigenvalue weighted by Crippen LogP contribution is -1.87. The number of unbranched alkanes of at least 4 members (excludes halogenated alkanes) is 3. The van der Waals surface area contributed by atoms with E-state index in [-0.39, 0.29) is 0 Å². The van der Waals surface area contributed by atoms with Gasteiger partial charge in [0.1, 0.15) is 0 Å². The average Bonchev–Trinajstić information content (AvgIpc) is 2.29. The highest BCUT2D eigenvalue weighted by molar-refractivity contribution is 6.35. The predicted octanol–water partition coefficient (Wildman–Crippen LogP) is 5.37. The van der Waals surface area contributed by atoms with Crippen molar-refractivity contribution in [2.45, 2.75) is 39.0 Å². The zero-order valence-corrected chi connectivity index (χ0v) is 11.2. The number of terminal acetylenes is 1. The second-order valence-electron chi connectivity index (χ2n) is 3.55. The monoisotopic (exact) mass is 256 g/mol. The molecule has 0 spiro atoms. The van der Waals surface area contributed by atoms with Crippen LogP contribution in [0.1, 0.15) is 38.2 Å². The Labute approximate surface area is 109 Å². The molecule has 0 fully saturated rings. The fraction of sp³-hybridized carbons (Fsp3) is 0.429. The first-order chi connectivity index (χ1) is 7.74. The number of benzene rings is 1. The minimum Gasteiger partial charge on any atom is -0.124 e. The summed E-state index contributed by atoms with van der Waals surface area (Å²) in [6.07, 6.45) is 14.2. The molecule has 0 N–H and O–H groups in total. The van der Waals surface area contributed by atoms with Crippen molar-refractivity contribution < 1.29 is 0 Å². The molecule has 0 unspecified atom stereocenters. The summed E-state index contributed by atoms with van der Waals surface area (Å²) in [6.45, 7) is 2.22. The smallest absolute Gasteiger partial charge is 0.0452 e. The Bertz CT molecular complexity index is 316. The molecule has 0 heterocycles. The lowest BCUT2D eigenvalue weighted by molar-refractivity contribution is 0.667. The van der Waals surface area contributed by atoms with Gasteiger partial charge in [-0.1, -0.05) is 55.5 Å². The van der Waals surface area contributed by atoms with Crippen LogP contribution in [0.4, 0.5) is 0 Å². The van der Waals surface area contributed by atoms with Gasteiger partial charge in [0.2, 0.25) is 0 Å². The SMILES string of the molecule is C#C.CCCCCCc1ccc(Cl)cc1Cl. The molecule has 0 aliphatic heterocycles. The molecule has 0 saturated carbocycles. The number of halogens is 2. The quantitative estimate of drug-likeness (QED) is 0.491. The van der Waals surface area contributed by atoms with Crippen LogP contribution in [0.2, 0.25) is 10.0 Å². The molecule has 1 aromatic rings. The largest absolute Gasteiger partial charge is 0.124 e.